The van der Waals surface area contributed by atoms with Gasteiger partial charge in [-0.3, -0.25) is 0 Å². The molecule has 0 aliphatic heterocycles. The third-order valence-corrected chi connectivity index (χ3v) is 2.31. The van der Waals surface area contributed by atoms with Gasteiger partial charge >= 0.3 is 0 Å². The summed E-state index contributed by atoms with van der Waals surface area (Å²) in [5, 5.41) is 0. The van der Waals surface area contributed by atoms with E-state index < -0.39 is 5.95 Å². The molecule has 5 nitrogen and oxygen atoms in total. The van der Waals surface area contributed by atoms with E-state index in [-0.39, 0.29) is 0 Å². The van der Waals surface area contributed by atoms with E-state index in [1.165, 1.54) is 12.4 Å². The van der Waals surface area contributed by atoms with Gasteiger partial charge in [0, 0.05) is 32.6 Å². The van der Waals surface area contributed by atoms with Crippen LogP contribution in [0.2, 0.25) is 0 Å². The molecule has 2 rings (SSSR count). The number of rotatable bonds is 3. The second-order valence-corrected chi connectivity index (χ2v) is 3.51. The van der Waals surface area contributed by atoms with Crippen molar-refractivity contribution in [3.8, 4) is 0 Å². The normalized spacial score (nSPS) is 10.4. The molecule has 2 aromatic rings. The van der Waals surface area contributed by atoms with E-state index in [4.69, 9.17) is 0 Å². The van der Waals surface area contributed by atoms with Gasteiger partial charge in [-0.2, -0.15) is 4.39 Å². The van der Waals surface area contributed by atoms with Crippen LogP contribution in [0, 0.1) is 5.95 Å². The van der Waals surface area contributed by atoms with Crippen molar-refractivity contribution in [3.05, 3.63) is 36.6 Å². The Morgan fingerprint density at radius 1 is 1.38 bits per heavy atom. The average molecular weight is 221 g/mol. The minimum Gasteiger partial charge on any atom is -0.352 e. The second-order valence-electron chi connectivity index (χ2n) is 3.51. The zero-order chi connectivity index (χ0) is 11.5. The number of aryl methyl sites for hydroxylation is 1. The fourth-order valence-corrected chi connectivity index (χ4v) is 1.37. The molecule has 0 N–H and O–H groups in total. The molecule has 0 radical (unpaired) electrons. The molecular weight excluding hydrogens is 209 g/mol. The van der Waals surface area contributed by atoms with Gasteiger partial charge in [-0.1, -0.05) is 0 Å². The lowest BCUT2D eigenvalue weighted by Gasteiger charge is -2.17. The lowest BCUT2D eigenvalue weighted by Crippen LogP contribution is -2.20. The Morgan fingerprint density at radius 3 is 2.81 bits per heavy atom. The van der Waals surface area contributed by atoms with Crippen LogP contribution in [0.3, 0.4) is 0 Å². The quantitative estimate of drug-likeness (QED) is 0.725. The molecule has 0 aromatic carbocycles. The molecule has 0 aliphatic carbocycles. The highest BCUT2D eigenvalue weighted by molar-refractivity contribution is 5.35. The number of imidazole rings is 1. The molecule has 16 heavy (non-hydrogen) atoms. The van der Waals surface area contributed by atoms with Crippen LogP contribution < -0.4 is 4.90 Å². The number of hydrogen-bond donors (Lipinski definition) is 0. The molecular formula is C10H12FN5. The largest absolute Gasteiger partial charge is 0.352 e. The number of nitrogens with zero attached hydrogens (tertiary/aromatic N) is 5. The van der Waals surface area contributed by atoms with Gasteiger partial charge in [-0.25, -0.2) is 15.0 Å². The van der Waals surface area contributed by atoms with Crippen molar-refractivity contribution in [3.63, 3.8) is 0 Å². The summed E-state index contributed by atoms with van der Waals surface area (Å²) in [6.45, 7) is 0.569. The summed E-state index contributed by atoms with van der Waals surface area (Å²) in [5.41, 5.74) is 0. The van der Waals surface area contributed by atoms with E-state index in [0.717, 1.165) is 5.82 Å². The standard InChI is InChI=1S/C10H12FN5/c1-15-4-3-12-10(15)6-16(2)9-5-8(11)13-7-14-9/h3-5,7H,6H2,1-2H3. The van der Waals surface area contributed by atoms with Gasteiger partial charge < -0.3 is 9.47 Å². The minimum absolute atomic E-state index is 0.531. The van der Waals surface area contributed by atoms with Crippen molar-refractivity contribution in [2.24, 2.45) is 7.05 Å². The second kappa shape index (κ2) is 4.26. The van der Waals surface area contributed by atoms with Crippen LogP contribution in [0.1, 0.15) is 5.82 Å². The molecule has 0 atom stereocenters. The number of halogens is 1. The Bertz CT molecular complexity index is 482. The molecule has 0 saturated carbocycles. The summed E-state index contributed by atoms with van der Waals surface area (Å²) in [4.78, 5) is 13.4. The van der Waals surface area contributed by atoms with Gasteiger partial charge in [0.25, 0.3) is 0 Å². The van der Waals surface area contributed by atoms with Crippen LogP contribution in [-0.4, -0.2) is 26.6 Å². The maximum atomic E-state index is 12.9. The first kappa shape index (κ1) is 10.5. The first-order valence-electron chi connectivity index (χ1n) is 4.81. The van der Waals surface area contributed by atoms with E-state index >= 15 is 0 Å². The van der Waals surface area contributed by atoms with Crippen LogP contribution in [0.5, 0.6) is 0 Å². The van der Waals surface area contributed by atoms with Crippen LogP contribution in [0.15, 0.2) is 24.8 Å². The highest BCUT2D eigenvalue weighted by atomic mass is 19.1. The third kappa shape index (κ3) is 2.16. The van der Waals surface area contributed by atoms with Gasteiger partial charge in [0.15, 0.2) is 0 Å². The molecule has 0 saturated heterocycles. The molecule has 2 heterocycles. The van der Waals surface area contributed by atoms with Crippen molar-refractivity contribution < 1.29 is 4.39 Å². The monoisotopic (exact) mass is 221 g/mol. The smallest absolute Gasteiger partial charge is 0.218 e. The maximum Gasteiger partial charge on any atom is 0.218 e. The molecule has 0 bridgehead atoms. The van der Waals surface area contributed by atoms with E-state index in [9.17, 15) is 4.39 Å². The van der Waals surface area contributed by atoms with E-state index in [1.807, 2.05) is 29.8 Å². The predicted molar refractivity (Wildman–Crippen MR) is 57.3 cm³/mol. The summed E-state index contributed by atoms with van der Waals surface area (Å²) < 4.78 is 14.8. The van der Waals surface area contributed by atoms with Crippen LogP contribution in [0.25, 0.3) is 0 Å². The van der Waals surface area contributed by atoms with Gasteiger partial charge in [0.2, 0.25) is 5.95 Å². The first-order chi connectivity index (χ1) is 7.66. The molecule has 2 aromatic heterocycles. The number of anilines is 1. The van der Waals surface area contributed by atoms with Crippen molar-refractivity contribution >= 4 is 5.82 Å². The zero-order valence-electron chi connectivity index (χ0n) is 9.13. The SMILES string of the molecule is CN(Cc1nccn1C)c1cc(F)ncn1. The lowest BCUT2D eigenvalue weighted by atomic mass is 10.4. The number of aromatic nitrogens is 4. The van der Waals surface area contributed by atoms with Gasteiger partial charge in [-0.15, -0.1) is 0 Å². The van der Waals surface area contributed by atoms with Gasteiger partial charge in [0.05, 0.1) is 6.54 Å². The highest BCUT2D eigenvalue weighted by Crippen LogP contribution is 2.10. The summed E-state index contributed by atoms with van der Waals surface area (Å²) >= 11 is 0. The topological polar surface area (TPSA) is 46.8 Å². The fraction of sp³-hybridized carbons (Fsp3) is 0.300. The Balaban J connectivity index is 2.14. The number of hydrogen-bond acceptors (Lipinski definition) is 4. The summed E-state index contributed by atoms with van der Waals surface area (Å²) in [7, 11) is 3.74. The van der Waals surface area contributed by atoms with Gasteiger partial charge in [-0.05, 0) is 0 Å². The third-order valence-electron chi connectivity index (χ3n) is 2.31. The Kier molecular flexibility index (Phi) is 2.80. The molecule has 84 valence electrons. The Morgan fingerprint density at radius 2 is 2.19 bits per heavy atom. The molecule has 0 amide bonds. The molecule has 0 fully saturated rings. The van der Waals surface area contributed by atoms with E-state index in [0.29, 0.717) is 12.4 Å². The highest BCUT2D eigenvalue weighted by Gasteiger charge is 2.07. The molecule has 0 unspecified atom stereocenters. The molecule has 0 aliphatic rings. The Labute approximate surface area is 92.6 Å². The lowest BCUT2D eigenvalue weighted by molar-refractivity contribution is 0.578. The summed E-state index contributed by atoms with van der Waals surface area (Å²) in [5.74, 6) is 0.897. The predicted octanol–water partition coefficient (Wildman–Crippen LogP) is 0.986. The van der Waals surface area contributed by atoms with Gasteiger partial charge in [0.1, 0.15) is 18.0 Å². The van der Waals surface area contributed by atoms with Crippen LogP contribution >= 0.6 is 0 Å². The molecule has 6 heteroatoms. The van der Waals surface area contributed by atoms with Crippen molar-refractivity contribution in [2.45, 2.75) is 6.54 Å². The van der Waals surface area contributed by atoms with Crippen LogP contribution in [-0.2, 0) is 13.6 Å². The summed E-state index contributed by atoms with van der Waals surface area (Å²) in [6.07, 6.45) is 4.80. The van der Waals surface area contributed by atoms with E-state index in [1.54, 1.807) is 6.20 Å². The molecule has 0 spiro atoms. The summed E-state index contributed by atoms with van der Waals surface area (Å²) in [6, 6.07) is 1.29. The zero-order valence-corrected chi connectivity index (χ0v) is 9.13. The maximum absolute atomic E-state index is 12.9. The minimum atomic E-state index is -0.531. The fourth-order valence-electron chi connectivity index (χ4n) is 1.37. The van der Waals surface area contributed by atoms with E-state index in [2.05, 4.69) is 15.0 Å². The Hall–Kier alpha value is -1.98. The average Bonchev–Trinajstić information content (AvgIpc) is 2.64. The van der Waals surface area contributed by atoms with Crippen LogP contribution in [0.4, 0.5) is 10.2 Å². The van der Waals surface area contributed by atoms with Crippen molar-refractivity contribution in [1.29, 1.82) is 0 Å². The first-order valence-corrected chi connectivity index (χ1v) is 4.81. The van der Waals surface area contributed by atoms with Crippen molar-refractivity contribution in [2.75, 3.05) is 11.9 Å². The van der Waals surface area contributed by atoms with Crippen molar-refractivity contribution in [1.82, 2.24) is 19.5 Å².